The first-order chi connectivity index (χ1) is 27.1. The third-order valence-electron chi connectivity index (χ3n) is 11.1. The van der Waals surface area contributed by atoms with Gasteiger partial charge in [-0.05, 0) is 48.9 Å². The Bertz CT molecular complexity index is 1310. The minimum absolute atomic E-state index is 0. The van der Waals surface area contributed by atoms with Gasteiger partial charge < -0.3 is 9.11 Å². The molecule has 0 radical (unpaired) electrons. The van der Waals surface area contributed by atoms with E-state index in [1.165, 1.54) is 192 Å². The van der Waals surface area contributed by atoms with E-state index in [0.29, 0.717) is 24.0 Å². The van der Waals surface area contributed by atoms with Gasteiger partial charge in [-0.15, -0.1) is 0 Å². The fourth-order valence-electron chi connectivity index (χ4n) is 7.64. The van der Waals surface area contributed by atoms with Crippen LogP contribution in [0.15, 0.2) is 58.3 Å². The van der Waals surface area contributed by atoms with Crippen LogP contribution in [0.2, 0.25) is 0 Å². The molecule has 0 unspecified atom stereocenters. The predicted molar refractivity (Wildman–Crippen MR) is 241 cm³/mol. The van der Waals surface area contributed by atoms with E-state index in [1.54, 1.807) is 36.4 Å². The topological polar surface area (TPSA) is 114 Å². The molecular weight excluding hydrogens is 761 g/mol. The first-order valence-corrected chi connectivity index (χ1v) is 26.0. The Labute approximate surface area is 368 Å². The summed E-state index contributed by atoms with van der Waals surface area (Å²) in [5.74, 6) is 0. The van der Waals surface area contributed by atoms with Crippen LogP contribution in [0.4, 0.5) is 0 Å². The Kier molecular flexibility index (Phi) is 37.3. The molecule has 0 N–H and O–H groups in total. The summed E-state index contributed by atoms with van der Waals surface area (Å²) in [6.45, 7) is 4.54. The molecule has 0 atom stereocenters. The van der Waals surface area contributed by atoms with Crippen LogP contribution in [0.25, 0.3) is 0 Å². The SMILES string of the molecule is CCCCCCCCCCCCCCCCCCc1ccccc1S(=O)(=O)[O-].CCCCCCCCCCCCCCCCCCc1ccccc1S(=O)(=O)[O-].[Mg+2]. The fourth-order valence-corrected chi connectivity index (χ4v) is 9.11. The predicted octanol–water partition coefficient (Wildman–Crippen LogP) is 14.4. The van der Waals surface area contributed by atoms with Crippen molar-refractivity contribution in [1.29, 1.82) is 0 Å². The largest absolute Gasteiger partial charge is 2.00 e. The molecule has 0 fully saturated rings. The monoisotopic (exact) mass is 843 g/mol. The molecule has 0 saturated heterocycles. The zero-order valence-corrected chi connectivity index (χ0v) is 39.7. The van der Waals surface area contributed by atoms with Crippen LogP contribution >= 0.6 is 0 Å². The minimum atomic E-state index is -4.36. The molecule has 57 heavy (non-hydrogen) atoms. The standard InChI is InChI=1S/2C24H42O3S.Mg/c2*1-2-3-4-5-6-7-8-9-10-11-12-13-14-15-16-17-20-23-21-18-19-22-24(23)28(25,26)27;/h2*18-19,21-22H,2-17,20H2,1H3,(H,25,26,27);/q;;+2/p-2. The maximum atomic E-state index is 11.3. The number of aryl methyl sites for hydroxylation is 2. The zero-order chi connectivity index (χ0) is 41.0. The molecule has 0 spiro atoms. The summed E-state index contributed by atoms with van der Waals surface area (Å²) < 4.78 is 67.6. The number of hydrogen-bond acceptors (Lipinski definition) is 6. The van der Waals surface area contributed by atoms with Crippen molar-refractivity contribution >= 4 is 43.3 Å². The van der Waals surface area contributed by atoms with Crippen LogP contribution in [-0.4, -0.2) is 49.0 Å². The molecule has 0 saturated carbocycles. The number of benzene rings is 2. The van der Waals surface area contributed by atoms with Crippen molar-refractivity contribution < 1.29 is 25.9 Å². The first kappa shape index (κ1) is 56.0. The van der Waals surface area contributed by atoms with E-state index in [-0.39, 0.29) is 32.8 Å². The molecule has 2 rings (SSSR count). The van der Waals surface area contributed by atoms with Gasteiger partial charge in [0.15, 0.2) is 0 Å². The van der Waals surface area contributed by atoms with E-state index < -0.39 is 20.2 Å². The van der Waals surface area contributed by atoms with Gasteiger partial charge in [-0.2, -0.15) is 0 Å². The first-order valence-electron chi connectivity index (χ1n) is 23.2. The van der Waals surface area contributed by atoms with E-state index in [4.69, 9.17) is 0 Å². The van der Waals surface area contributed by atoms with Crippen molar-refractivity contribution in [3.63, 3.8) is 0 Å². The Morgan fingerprint density at radius 3 is 0.737 bits per heavy atom. The molecule has 9 heteroatoms. The molecule has 2 aromatic rings. The molecule has 6 nitrogen and oxygen atoms in total. The van der Waals surface area contributed by atoms with Crippen LogP contribution in [-0.2, 0) is 33.1 Å². The summed E-state index contributed by atoms with van der Waals surface area (Å²) in [6, 6.07) is 13.2. The third-order valence-corrected chi connectivity index (χ3v) is 13.0. The molecule has 0 aliphatic heterocycles. The summed E-state index contributed by atoms with van der Waals surface area (Å²) in [4.78, 5) is -0.0908. The van der Waals surface area contributed by atoms with Crippen molar-refractivity contribution in [2.45, 2.75) is 242 Å². The quantitative estimate of drug-likeness (QED) is 0.0383. The second-order valence-corrected chi connectivity index (χ2v) is 18.9. The van der Waals surface area contributed by atoms with E-state index in [9.17, 15) is 25.9 Å². The van der Waals surface area contributed by atoms with E-state index in [0.717, 1.165) is 25.7 Å². The summed E-state index contributed by atoms with van der Waals surface area (Å²) in [7, 11) is -8.71. The fraction of sp³-hybridized carbons (Fsp3) is 0.750. The summed E-state index contributed by atoms with van der Waals surface area (Å²) >= 11 is 0. The van der Waals surface area contributed by atoms with Gasteiger partial charge in [-0.1, -0.05) is 243 Å². The normalized spacial score (nSPS) is 11.6. The zero-order valence-electron chi connectivity index (χ0n) is 36.6. The smallest absolute Gasteiger partial charge is 0.744 e. The summed E-state index contributed by atoms with van der Waals surface area (Å²) in [5.41, 5.74) is 1.34. The summed E-state index contributed by atoms with van der Waals surface area (Å²) in [5, 5.41) is 0. The van der Waals surface area contributed by atoms with Crippen molar-refractivity contribution in [2.75, 3.05) is 0 Å². The maximum Gasteiger partial charge on any atom is 2.00 e. The molecule has 0 aromatic heterocycles. The van der Waals surface area contributed by atoms with E-state index in [2.05, 4.69) is 13.8 Å². The van der Waals surface area contributed by atoms with Crippen LogP contribution in [0.5, 0.6) is 0 Å². The minimum Gasteiger partial charge on any atom is -0.744 e. The van der Waals surface area contributed by atoms with Gasteiger partial charge in [-0.25, -0.2) is 16.8 Å². The maximum absolute atomic E-state index is 11.3. The van der Waals surface area contributed by atoms with Gasteiger partial charge in [0.2, 0.25) is 0 Å². The van der Waals surface area contributed by atoms with Crippen LogP contribution in [0, 0.1) is 0 Å². The molecule has 0 amide bonds. The number of rotatable bonds is 36. The molecule has 0 aliphatic rings. The second kappa shape index (κ2) is 38.0. The molecule has 0 bridgehead atoms. The van der Waals surface area contributed by atoms with Crippen LogP contribution in [0.3, 0.4) is 0 Å². The summed E-state index contributed by atoms with van der Waals surface area (Å²) in [6.07, 6.45) is 43.6. The molecule has 0 aliphatic carbocycles. The molecule has 0 heterocycles. The Morgan fingerprint density at radius 1 is 0.333 bits per heavy atom. The number of unbranched alkanes of at least 4 members (excludes halogenated alkanes) is 30. The molecular formula is C48H82MgO6S2. The molecule has 2 aromatic carbocycles. The molecule has 324 valence electrons. The van der Waals surface area contributed by atoms with Crippen LogP contribution in [0.1, 0.15) is 230 Å². The second-order valence-electron chi connectivity index (χ2n) is 16.2. The van der Waals surface area contributed by atoms with Gasteiger partial charge in [0.25, 0.3) is 0 Å². The Balaban J connectivity index is 0.00000108. The van der Waals surface area contributed by atoms with Gasteiger partial charge in [-0.3, -0.25) is 0 Å². The average molecular weight is 844 g/mol. The van der Waals surface area contributed by atoms with Crippen LogP contribution < -0.4 is 0 Å². The van der Waals surface area contributed by atoms with Gasteiger partial charge in [0.1, 0.15) is 20.2 Å². The van der Waals surface area contributed by atoms with Crippen molar-refractivity contribution in [3.8, 4) is 0 Å². The third kappa shape index (κ3) is 32.5. The Hall–Kier alpha value is -0.974. The van der Waals surface area contributed by atoms with Gasteiger partial charge in [0, 0.05) is 0 Å². The van der Waals surface area contributed by atoms with Gasteiger partial charge >= 0.3 is 23.1 Å². The van der Waals surface area contributed by atoms with E-state index >= 15 is 0 Å². The van der Waals surface area contributed by atoms with Crippen molar-refractivity contribution in [2.24, 2.45) is 0 Å². The van der Waals surface area contributed by atoms with Crippen molar-refractivity contribution in [3.05, 3.63) is 59.7 Å². The van der Waals surface area contributed by atoms with E-state index in [1.807, 2.05) is 0 Å². The van der Waals surface area contributed by atoms with Crippen molar-refractivity contribution in [1.82, 2.24) is 0 Å². The number of hydrogen-bond donors (Lipinski definition) is 0. The Morgan fingerprint density at radius 2 is 0.526 bits per heavy atom. The van der Waals surface area contributed by atoms with Gasteiger partial charge in [0.05, 0.1) is 9.79 Å². The average Bonchev–Trinajstić information content (AvgIpc) is 3.17.